The Bertz CT molecular complexity index is 770. The van der Waals surface area contributed by atoms with Gasteiger partial charge in [-0.1, -0.05) is 37.5 Å². The fourth-order valence-electron chi connectivity index (χ4n) is 4.75. The average Bonchev–Trinajstić information content (AvgIpc) is 3.23. The van der Waals surface area contributed by atoms with Crippen LogP contribution in [0.5, 0.6) is 0 Å². The topological polar surface area (TPSA) is 59.3 Å². The van der Waals surface area contributed by atoms with E-state index in [9.17, 15) is 4.39 Å². The average molecular weight is 403 g/mol. The van der Waals surface area contributed by atoms with Gasteiger partial charge in [-0.05, 0) is 29.3 Å². The van der Waals surface area contributed by atoms with Crippen LogP contribution in [0.25, 0.3) is 0 Å². The standard InChI is InChI=1S/C21H31FN6O/c1-29-16-15-28-21(23-24-25-28)20(18-9-5-6-10-19(18)22)27-13-11-26(12-14-27)17-7-3-2-4-8-17/h5-6,9-10,17,20H,2-4,7-8,11-16H2,1H3/t20-/m0/s1. The lowest BCUT2D eigenvalue weighted by Crippen LogP contribution is -2.52. The Morgan fingerprint density at radius 1 is 1.10 bits per heavy atom. The molecule has 1 aliphatic carbocycles. The summed E-state index contributed by atoms with van der Waals surface area (Å²) in [4.78, 5) is 4.95. The van der Waals surface area contributed by atoms with E-state index in [2.05, 4.69) is 25.3 Å². The molecule has 1 aromatic carbocycles. The molecule has 1 aromatic heterocycles. The van der Waals surface area contributed by atoms with E-state index in [0.29, 0.717) is 30.6 Å². The van der Waals surface area contributed by atoms with Crippen LogP contribution in [0.3, 0.4) is 0 Å². The summed E-state index contributed by atoms with van der Waals surface area (Å²) in [6, 6.07) is 7.39. The van der Waals surface area contributed by atoms with E-state index in [0.717, 1.165) is 26.2 Å². The van der Waals surface area contributed by atoms with Crippen LogP contribution in [0, 0.1) is 5.82 Å². The molecule has 158 valence electrons. The lowest BCUT2D eigenvalue weighted by molar-refractivity contribution is 0.0607. The molecule has 0 unspecified atom stereocenters. The van der Waals surface area contributed by atoms with Crippen molar-refractivity contribution in [2.45, 2.75) is 50.7 Å². The minimum absolute atomic E-state index is 0.214. The van der Waals surface area contributed by atoms with Crippen LogP contribution in [0.2, 0.25) is 0 Å². The smallest absolute Gasteiger partial charge is 0.173 e. The Balaban J connectivity index is 1.55. The molecule has 8 heteroatoms. The van der Waals surface area contributed by atoms with Crippen molar-refractivity contribution in [1.29, 1.82) is 0 Å². The molecule has 4 rings (SSSR count). The van der Waals surface area contributed by atoms with E-state index < -0.39 is 0 Å². The van der Waals surface area contributed by atoms with Crippen LogP contribution in [0.4, 0.5) is 4.39 Å². The van der Waals surface area contributed by atoms with Crippen LogP contribution >= 0.6 is 0 Å². The van der Waals surface area contributed by atoms with E-state index in [-0.39, 0.29) is 11.9 Å². The number of tetrazole rings is 1. The predicted molar refractivity (Wildman–Crippen MR) is 108 cm³/mol. The van der Waals surface area contributed by atoms with Gasteiger partial charge in [0.15, 0.2) is 5.82 Å². The molecule has 1 aliphatic heterocycles. The first kappa shape index (κ1) is 20.4. The van der Waals surface area contributed by atoms with Crippen LogP contribution in [-0.4, -0.2) is 75.9 Å². The normalized spacial score (nSPS) is 20.8. The molecule has 7 nitrogen and oxygen atoms in total. The van der Waals surface area contributed by atoms with Crippen molar-refractivity contribution in [3.63, 3.8) is 0 Å². The van der Waals surface area contributed by atoms with Crippen molar-refractivity contribution in [1.82, 2.24) is 30.0 Å². The van der Waals surface area contributed by atoms with Gasteiger partial charge in [0.1, 0.15) is 11.9 Å². The molecular weight excluding hydrogens is 371 g/mol. The van der Waals surface area contributed by atoms with Crippen LogP contribution < -0.4 is 0 Å². The highest BCUT2D eigenvalue weighted by molar-refractivity contribution is 5.26. The Hall–Kier alpha value is -1.90. The predicted octanol–water partition coefficient (Wildman–Crippen LogP) is 2.50. The molecule has 1 saturated heterocycles. The summed E-state index contributed by atoms with van der Waals surface area (Å²) in [6.45, 7) is 4.84. The van der Waals surface area contributed by atoms with Crippen molar-refractivity contribution in [3.05, 3.63) is 41.5 Å². The van der Waals surface area contributed by atoms with Crippen molar-refractivity contribution in [2.24, 2.45) is 0 Å². The molecular formula is C21H31FN6O. The van der Waals surface area contributed by atoms with Gasteiger partial charge in [0.2, 0.25) is 0 Å². The van der Waals surface area contributed by atoms with Crippen LogP contribution in [-0.2, 0) is 11.3 Å². The van der Waals surface area contributed by atoms with E-state index >= 15 is 0 Å². The summed E-state index contributed by atoms with van der Waals surface area (Å²) in [5, 5.41) is 12.3. The van der Waals surface area contributed by atoms with Crippen molar-refractivity contribution < 1.29 is 9.13 Å². The van der Waals surface area contributed by atoms with E-state index in [4.69, 9.17) is 4.74 Å². The summed E-state index contributed by atoms with van der Waals surface area (Å²) in [5.41, 5.74) is 0.632. The number of benzene rings is 1. The Kier molecular flexibility index (Phi) is 6.84. The van der Waals surface area contributed by atoms with Gasteiger partial charge in [0.25, 0.3) is 0 Å². The fraction of sp³-hybridized carbons (Fsp3) is 0.667. The number of hydrogen-bond donors (Lipinski definition) is 0. The van der Waals surface area contributed by atoms with E-state index in [1.807, 2.05) is 12.1 Å². The number of halogens is 1. The quantitative estimate of drug-likeness (QED) is 0.709. The first-order valence-corrected chi connectivity index (χ1v) is 10.8. The fourth-order valence-corrected chi connectivity index (χ4v) is 4.75. The first-order chi connectivity index (χ1) is 14.3. The van der Waals surface area contributed by atoms with Crippen molar-refractivity contribution in [3.8, 4) is 0 Å². The maximum atomic E-state index is 14.8. The van der Waals surface area contributed by atoms with Crippen molar-refractivity contribution in [2.75, 3.05) is 39.9 Å². The molecule has 0 bridgehead atoms. The second kappa shape index (κ2) is 9.73. The SMILES string of the molecule is COCCn1nnnc1[C@H](c1ccccc1F)N1CCN(C2CCCCC2)CC1. The summed E-state index contributed by atoms with van der Waals surface area (Å²) < 4.78 is 21.7. The zero-order valence-electron chi connectivity index (χ0n) is 17.2. The number of methoxy groups -OCH3 is 1. The minimum atomic E-state index is -0.295. The number of ether oxygens (including phenoxy) is 1. The maximum absolute atomic E-state index is 14.8. The Labute approximate surface area is 171 Å². The third-order valence-electron chi connectivity index (χ3n) is 6.32. The first-order valence-electron chi connectivity index (χ1n) is 10.8. The van der Waals surface area contributed by atoms with Gasteiger partial charge in [-0.2, -0.15) is 0 Å². The lowest BCUT2D eigenvalue weighted by atomic mass is 9.93. The number of nitrogens with zero attached hydrogens (tertiary/aromatic N) is 6. The van der Waals surface area contributed by atoms with Gasteiger partial charge in [0.05, 0.1) is 13.2 Å². The third-order valence-corrected chi connectivity index (χ3v) is 6.32. The van der Waals surface area contributed by atoms with Crippen LogP contribution in [0.15, 0.2) is 24.3 Å². The van der Waals surface area contributed by atoms with E-state index in [1.54, 1.807) is 17.9 Å². The summed E-state index contributed by atoms with van der Waals surface area (Å²) >= 11 is 0. The summed E-state index contributed by atoms with van der Waals surface area (Å²) in [5.74, 6) is 0.465. The molecule has 0 amide bonds. The molecule has 2 fully saturated rings. The lowest BCUT2D eigenvalue weighted by Gasteiger charge is -2.43. The highest BCUT2D eigenvalue weighted by Gasteiger charge is 2.33. The zero-order valence-corrected chi connectivity index (χ0v) is 17.2. The molecule has 2 aliphatic rings. The van der Waals surface area contributed by atoms with Gasteiger partial charge in [-0.15, -0.1) is 5.10 Å². The van der Waals surface area contributed by atoms with Gasteiger partial charge in [-0.3, -0.25) is 9.80 Å². The molecule has 2 heterocycles. The molecule has 0 N–H and O–H groups in total. The highest BCUT2D eigenvalue weighted by Crippen LogP contribution is 2.31. The second-order valence-corrected chi connectivity index (χ2v) is 8.04. The molecule has 0 spiro atoms. The van der Waals surface area contributed by atoms with Gasteiger partial charge < -0.3 is 4.74 Å². The summed E-state index contributed by atoms with van der Waals surface area (Å²) in [7, 11) is 1.66. The third kappa shape index (κ3) is 4.65. The number of aromatic nitrogens is 4. The molecule has 2 aromatic rings. The van der Waals surface area contributed by atoms with Gasteiger partial charge in [0, 0.05) is 44.9 Å². The molecule has 1 saturated carbocycles. The largest absolute Gasteiger partial charge is 0.383 e. The maximum Gasteiger partial charge on any atom is 0.173 e. The zero-order chi connectivity index (χ0) is 20.1. The number of hydrogen-bond acceptors (Lipinski definition) is 6. The molecule has 0 radical (unpaired) electrons. The molecule has 29 heavy (non-hydrogen) atoms. The monoisotopic (exact) mass is 402 g/mol. The van der Waals surface area contributed by atoms with Gasteiger partial charge >= 0.3 is 0 Å². The molecule has 1 atom stereocenters. The highest BCUT2D eigenvalue weighted by atomic mass is 19.1. The number of rotatable bonds is 7. The Morgan fingerprint density at radius 3 is 2.59 bits per heavy atom. The minimum Gasteiger partial charge on any atom is -0.383 e. The second-order valence-electron chi connectivity index (χ2n) is 8.04. The number of piperazine rings is 1. The van der Waals surface area contributed by atoms with E-state index in [1.165, 1.54) is 38.2 Å². The van der Waals surface area contributed by atoms with Crippen LogP contribution in [0.1, 0.15) is 49.5 Å². The summed E-state index contributed by atoms with van der Waals surface area (Å²) in [6.07, 6.45) is 6.68. The Morgan fingerprint density at radius 2 is 1.86 bits per heavy atom. The van der Waals surface area contributed by atoms with Gasteiger partial charge in [-0.25, -0.2) is 9.07 Å². The van der Waals surface area contributed by atoms with Crippen molar-refractivity contribution >= 4 is 0 Å².